The molecule has 1 aromatic heterocycles. The molecule has 0 amide bonds. The number of nitrogens with one attached hydrogen (secondary N) is 2. The lowest BCUT2D eigenvalue weighted by Gasteiger charge is -2.17. The van der Waals surface area contributed by atoms with Crippen LogP contribution < -0.4 is 10.6 Å². The van der Waals surface area contributed by atoms with Crippen LogP contribution in [0.15, 0.2) is 29.4 Å². The number of rotatable bonds is 7. The zero-order valence-electron chi connectivity index (χ0n) is 14.7. The van der Waals surface area contributed by atoms with Crippen molar-refractivity contribution in [1.82, 2.24) is 9.97 Å². The summed E-state index contributed by atoms with van der Waals surface area (Å²) in [6, 6.07) is 0.352. The minimum absolute atomic E-state index is 0.263. The van der Waals surface area contributed by atoms with Crippen molar-refractivity contribution in [2.45, 2.75) is 39.2 Å². The van der Waals surface area contributed by atoms with Crippen LogP contribution in [0.2, 0.25) is 0 Å². The van der Waals surface area contributed by atoms with Gasteiger partial charge in [-0.2, -0.15) is 4.98 Å². The number of aliphatic imine (C=N–C) groups is 1. The molecule has 1 aromatic rings. The number of anilines is 2. The van der Waals surface area contributed by atoms with Crippen molar-refractivity contribution in [1.29, 1.82) is 0 Å². The van der Waals surface area contributed by atoms with Crippen LogP contribution in [0.25, 0.3) is 0 Å². The molecule has 0 aromatic carbocycles. The fourth-order valence-electron chi connectivity index (χ4n) is 2.84. The van der Waals surface area contributed by atoms with Crippen molar-refractivity contribution >= 4 is 18.0 Å². The van der Waals surface area contributed by atoms with Crippen molar-refractivity contribution in [3.05, 3.63) is 35.7 Å². The van der Waals surface area contributed by atoms with Gasteiger partial charge in [-0.1, -0.05) is 6.58 Å². The Morgan fingerprint density at radius 2 is 2.17 bits per heavy atom. The monoisotopic (exact) mass is 329 g/mol. The predicted molar refractivity (Wildman–Crippen MR) is 99.7 cm³/mol. The van der Waals surface area contributed by atoms with Gasteiger partial charge in [0.25, 0.3) is 0 Å². The van der Waals surface area contributed by atoms with Gasteiger partial charge in [-0.05, 0) is 51.2 Å². The van der Waals surface area contributed by atoms with Crippen LogP contribution >= 0.6 is 0 Å². The lowest BCUT2D eigenvalue weighted by atomic mass is 10.1. The van der Waals surface area contributed by atoms with Crippen molar-refractivity contribution < 1.29 is 5.11 Å². The van der Waals surface area contributed by atoms with Gasteiger partial charge >= 0.3 is 0 Å². The van der Waals surface area contributed by atoms with E-state index in [4.69, 9.17) is 0 Å². The lowest BCUT2D eigenvalue weighted by Crippen LogP contribution is -2.19. The second kappa shape index (κ2) is 8.59. The van der Waals surface area contributed by atoms with Crippen LogP contribution in [0.4, 0.5) is 11.8 Å². The van der Waals surface area contributed by atoms with Crippen molar-refractivity contribution in [2.24, 2.45) is 10.9 Å². The smallest absolute Gasteiger partial charge is 0.229 e. The molecule has 6 nitrogen and oxygen atoms in total. The molecule has 2 rings (SSSR count). The summed E-state index contributed by atoms with van der Waals surface area (Å²) in [6.45, 7) is 8.05. The number of aliphatic hydroxyl groups excluding tert-OH is 1. The molecular weight excluding hydrogens is 302 g/mol. The van der Waals surface area contributed by atoms with Gasteiger partial charge in [0.05, 0.1) is 0 Å². The maximum atomic E-state index is 9.30. The SMILES string of the molecule is C=C/C(=C\C=NC)Nc1nc(C)c(C)c(NC2CCC(CO)C2)n1. The highest BCUT2D eigenvalue weighted by atomic mass is 16.3. The highest BCUT2D eigenvalue weighted by molar-refractivity contribution is 5.74. The molecule has 0 spiro atoms. The number of nitrogens with zero attached hydrogens (tertiary/aromatic N) is 3. The van der Waals surface area contributed by atoms with E-state index in [0.29, 0.717) is 17.9 Å². The van der Waals surface area contributed by atoms with E-state index in [1.807, 2.05) is 19.9 Å². The van der Waals surface area contributed by atoms with Crippen molar-refractivity contribution in [3.63, 3.8) is 0 Å². The number of aryl methyl sites for hydroxylation is 1. The van der Waals surface area contributed by atoms with Crippen molar-refractivity contribution in [2.75, 3.05) is 24.3 Å². The molecule has 1 heterocycles. The summed E-state index contributed by atoms with van der Waals surface area (Å²) in [5.41, 5.74) is 2.77. The molecule has 3 N–H and O–H groups in total. The maximum Gasteiger partial charge on any atom is 0.229 e. The Morgan fingerprint density at radius 3 is 2.79 bits per heavy atom. The molecular formula is C18H27N5O. The summed E-state index contributed by atoms with van der Waals surface area (Å²) < 4.78 is 0. The van der Waals surface area contributed by atoms with Crippen molar-refractivity contribution in [3.8, 4) is 0 Å². The normalized spacial score (nSPS) is 21.2. The molecule has 2 atom stereocenters. The van der Waals surface area contributed by atoms with Gasteiger partial charge in [0.1, 0.15) is 5.82 Å². The summed E-state index contributed by atoms with van der Waals surface area (Å²) in [5.74, 6) is 1.78. The van der Waals surface area contributed by atoms with E-state index < -0.39 is 0 Å². The van der Waals surface area contributed by atoms with E-state index in [1.54, 1.807) is 19.3 Å². The molecule has 130 valence electrons. The second-order valence-corrected chi connectivity index (χ2v) is 6.17. The van der Waals surface area contributed by atoms with Crippen LogP contribution in [0.5, 0.6) is 0 Å². The van der Waals surface area contributed by atoms with Gasteiger partial charge in [-0.15, -0.1) is 0 Å². The third kappa shape index (κ3) is 4.64. The van der Waals surface area contributed by atoms with Gasteiger partial charge in [0.15, 0.2) is 0 Å². The van der Waals surface area contributed by atoms with E-state index in [-0.39, 0.29) is 6.61 Å². The topological polar surface area (TPSA) is 82.4 Å². The number of hydrogen-bond acceptors (Lipinski definition) is 6. The maximum absolute atomic E-state index is 9.30. The summed E-state index contributed by atoms with van der Waals surface area (Å²) >= 11 is 0. The quantitative estimate of drug-likeness (QED) is 0.529. The first-order chi connectivity index (χ1) is 11.6. The Kier molecular flexibility index (Phi) is 6.49. The Balaban J connectivity index is 2.17. The number of hydrogen-bond donors (Lipinski definition) is 3. The van der Waals surface area contributed by atoms with E-state index in [2.05, 4.69) is 32.2 Å². The van der Waals surface area contributed by atoms with Crippen LogP contribution in [-0.2, 0) is 0 Å². The zero-order valence-corrected chi connectivity index (χ0v) is 14.7. The molecule has 0 saturated heterocycles. The second-order valence-electron chi connectivity index (χ2n) is 6.17. The van der Waals surface area contributed by atoms with Gasteiger partial charge in [-0.3, -0.25) is 4.99 Å². The lowest BCUT2D eigenvalue weighted by molar-refractivity contribution is 0.229. The van der Waals surface area contributed by atoms with Gasteiger partial charge in [-0.25, -0.2) is 4.98 Å². The summed E-state index contributed by atoms with van der Waals surface area (Å²) in [6.07, 6.45) is 8.31. The molecule has 0 radical (unpaired) electrons. The number of aromatic nitrogens is 2. The van der Waals surface area contributed by atoms with Crippen LogP contribution in [0, 0.1) is 19.8 Å². The van der Waals surface area contributed by atoms with Gasteiger partial charge < -0.3 is 15.7 Å². The molecule has 2 unspecified atom stereocenters. The average molecular weight is 329 g/mol. The molecule has 1 fully saturated rings. The first-order valence-electron chi connectivity index (χ1n) is 8.31. The van der Waals surface area contributed by atoms with Crippen LogP contribution in [0.1, 0.15) is 30.5 Å². The largest absolute Gasteiger partial charge is 0.396 e. The summed E-state index contributed by atoms with van der Waals surface area (Å²) in [5, 5.41) is 16.0. The van der Waals surface area contributed by atoms with Gasteiger partial charge in [0, 0.05) is 42.9 Å². The Bertz CT molecular complexity index is 639. The van der Waals surface area contributed by atoms with Crippen LogP contribution in [-0.4, -0.2) is 41.0 Å². The Morgan fingerprint density at radius 1 is 1.38 bits per heavy atom. The minimum atomic E-state index is 0.263. The number of aliphatic hydroxyl groups is 1. The average Bonchev–Trinajstić information content (AvgIpc) is 3.03. The molecule has 0 bridgehead atoms. The third-order valence-corrected chi connectivity index (χ3v) is 4.41. The first kappa shape index (κ1) is 18.1. The number of allylic oxidation sites excluding steroid dienone is 2. The summed E-state index contributed by atoms with van der Waals surface area (Å²) in [4.78, 5) is 13.0. The Labute approximate surface area is 143 Å². The standard InChI is InChI=1S/C18H27N5O/c1-5-15(8-9-19-4)22-18-20-13(3)12(2)17(23-18)21-16-7-6-14(10-16)11-24/h5,8-9,14,16,24H,1,6-7,10-11H2,2-4H3,(H2,20,21,22,23)/b15-8+,19-9?. The molecule has 24 heavy (non-hydrogen) atoms. The predicted octanol–water partition coefficient (Wildman–Crippen LogP) is 2.85. The van der Waals surface area contributed by atoms with E-state index in [1.165, 1.54) is 0 Å². The molecule has 1 aliphatic carbocycles. The third-order valence-electron chi connectivity index (χ3n) is 4.41. The molecule has 6 heteroatoms. The van der Waals surface area contributed by atoms with E-state index >= 15 is 0 Å². The highest BCUT2D eigenvalue weighted by Crippen LogP contribution is 2.29. The minimum Gasteiger partial charge on any atom is -0.396 e. The fraction of sp³-hybridized carbons (Fsp3) is 0.500. The van der Waals surface area contributed by atoms with E-state index in [9.17, 15) is 5.11 Å². The van der Waals surface area contributed by atoms with Crippen LogP contribution in [0.3, 0.4) is 0 Å². The fourth-order valence-corrected chi connectivity index (χ4v) is 2.84. The Hall–Kier alpha value is -2.21. The molecule has 0 aliphatic heterocycles. The summed E-state index contributed by atoms with van der Waals surface area (Å²) in [7, 11) is 1.72. The highest BCUT2D eigenvalue weighted by Gasteiger charge is 2.25. The zero-order chi connectivity index (χ0) is 17.5. The van der Waals surface area contributed by atoms with E-state index in [0.717, 1.165) is 42.0 Å². The first-order valence-corrected chi connectivity index (χ1v) is 8.31. The molecule has 1 aliphatic rings. The van der Waals surface area contributed by atoms with Gasteiger partial charge in [0.2, 0.25) is 5.95 Å². The molecule has 1 saturated carbocycles.